The summed E-state index contributed by atoms with van der Waals surface area (Å²) in [5, 5.41) is 7.38. The number of carbonyl (C=O) groups is 2. The number of aromatic nitrogens is 2. The van der Waals surface area contributed by atoms with Gasteiger partial charge in [-0.1, -0.05) is 25.5 Å². The molecule has 2 heterocycles. The van der Waals surface area contributed by atoms with Gasteiger partial charge in [0, 0.05) is 37.0 Å². The molecule has 0 bridgehead atoms. The van der Waals surface area contributed by atoms with Crippen molar-refractivity contribution in [1.82, 2.24) is 14.7 Å². The van der Waals surface area contributed by atoms with E-state index in [1.807, 2.05) is 52.1 Å². The first-order chi connectivity index (χ1) is 14.2. The number of anilines is 1. The number of hydrogen-bond acceptors (Lipinski definition) is 4. The topological polar surface area (TPSA) is 76.5 Å². The van der Waals surface area contributed by atoms with Gasteiger partial charge in [0.05, 0.1) is 6.54 Å². The molecule has 30 heavy (non-hydrogen) atoms. The largest absolute Gasteiger partial charge is 0.444 e. The molecule has 0 atom stereocenters. The second kappa shape index (κ2) is 8.90. The molecule has 0 fully saturated rings. The minimum atomic E-state index is -0.560. The second-order valence-electron chi connectivity index (χ2n) is 8.80. The van der Waals surface area contributed by atoms with Gasteiger partial charge in [0.15, 0.2) is 5.69 Å². The van der Waals surface area contributed by atoms with E-state index in [1.54, 1.807) is 9.58 Å². The Labute approximate surface area is 178 Å². The maximum absolute atomic E-state index is 12.9. The maximum atomic E-state index is 12.9. The zero-order valence-corrected chi connectivity index (χ0v) is 18.6. The Morgan fingerprint density at radius 1 is 1.20 bits per heavy atom. The Kier molecular flexibility index (Phi) is 6.48. The summed E-state index contributed by atoms with van der Waals surface area (Å²) in [6, 6.07) is 7.93. The molecule has 3 rings (SSSR count). The smallest absolute Gasteiger partial charge is 0.410 e. The third kappa shape index (κ3) is 5.20. The van der Waals surface area contributed by atoms with Gasteiger partial charge in [-0.15, -0.1) is 0 Å². The zero-order valence-electron chi connectivity index (χ0n) is 18.6. The summed E-state index contributed by atoms with van der Waals surface area (Å²) in [6.45, 7) is 8.56. The van der Waals surface area contributed by atoms with Crippen LogP contribution in [0.15, 0.2) is 24.3 Å². The van der Waals surface area contributed by atoms with Crippen LogP contribution in [0.1, 0.15) is 67.8 Å². The van der Waals surface area contributed by atoms with Crippen LogP contribution in [0, 0.1) is 0 Å². The van der Waals surface area contributed by atoms with Crippen molar-refractivity contribution in [2.24, 2.45) is 7.05 Å². The average molecular weight is 413 g/mol. The van der Waals surface area contributed by atoms with Crippen molar-refractivity contribution < 1.29 is 14.3 Å². The fourth-order valence-electron chi connectivity index (χ4n) is 3.58. The van der Waals surface area contributed by atoms with Gasteiger partial charge in [0.1, 0.15) is 5.60 Å². The highest BCUT2D eigenvalue weighted by atomic mass is 16.6. The third-order valence-corrected chi connectivity index (χ3v) is 5.14. The molecular weight excluding hydrogens is 380 g/mol. The summed E-state index contributed by atoms with van der Waals surface area (Å²) < 4.78 is 7.23. The summed E-state index contributed by atoms with van der Waals surface area (Å²) in [6.07, 6.45) is 3.62. The van der Waals surface area contributed by atoms with Crippen LogP contribution >= 0.6 is 0 Å². The number of rotatable bonds is 5. The van der Waals surface area contributed by atoms with Gasteiger partial charge < -0.3 is 15.0 Å². The molecule has 7 nitrogen and oxygen atoms in total. The van der Waals surface area contributed by atoms with E-state index >= 15 is 0 Å². The quantitative estimate of drug-likeness (QED) is 0.794. The molecule has 0 unspecified atom stereocenters. The van der Waals surface area contributed by atoms with E-state index < -0.39 is 5.60 Å². The van der Waals surface area contributed by atoms with Crippen molar-refractivity contribution in [3.63, 3.8) is 0 Å². The highest BCUT2D eigenvalue weighted by molar-refractivity contribution is 6.04. The van der Waals surface area contributed by atoms with Gasteiger partial charge in [-0.2, -0.15) is 5.10 Å². The first-order valence-electron chi connectivity index (χ1n) is 10.6. The van der Waals surface area contributed by atoms with Crippen molar-refractivity contribution in [3.8, 4) is 0 Å². The molecule has 0 radical (unpaired) electrons. The Bertz CT molecular complexity index is 910. The van der Waals surface area contributed by atoms with Crippen molar-refractivity contribution >= 4 is 17.7 Å². The molecule has 1 N–H and O–H groups in total. The van der Waals surface area contributed by atoms with Crippen LogP contribution in [-0.4, -0.2) is 38.8 Å². The number of hydrogen-bond donors (Lipinski definition) is 1. The molecule has 1 aromatic carbocycles. The summed E-state index contributed by atoms with van der Waals surface area (Å²) in [7, 11) is 1.83. The number of amides is 2. The molecule has 0 aliphatic carbocycles. The SMILES string of the molecule is CCCCc1ccc(NC(=O)c2nn(C)c3c2CN(C(=O)OC(C)(C)C)CC3)cc1. The molecule has 2 aromatic rings. The van der Waals surface area contributed by atoms with Crippen molar-refractivity contribution in [1.29, 1.82) is 0 Å². The summed E-state index contributed by atoms with van der Waals surface area (Å²) in [5.74, 6) is -0.265. The lowest BCUT2D eigenvalue weighted by molar-refractivity contribution is 0.0222. The fraction of sp³-hybridized carbons (Fsp3) is 0.522. The highest BCUT2D eigenvalue weighted by Crippen LogP contribution is 2.24. The Morgan fingerprint density at radius 2 is 1.90 bits per heavy atom. The predicted molar refractivity (Wildman–Crippen MR) is 117 cm³/mol. The van der Waals surface area contributed by atoms with Gasteiger partial charge in [-0.3, -0.25) is 9.48 Å². The minimum Gasteiger partial charge on any atom is -0.444 e. The fourth-order valence-corrected chi connectivity index (χ4v) is 3.58. The first-order valence-corrected chi connectivity index (χ1v) is 10.6. The molecule has 7 heteroatoms. The molecule has 0 saturated heterocycles. The lowest BCUT2D eigenvalue weighted by Crippen LogP contribution is -2.40. The Balaban J connectivity index is 1.73. The number of ether oxygens (including phenoxy) is 1. The third-order valence-electron chi connectivity index (χ3n) is 5.14. The maximum Gasteiger partial charge on any atom is 0.410 e. The summed E-state index contributed by atoms with van der Waals surface area (Å²) in [5.41, 5.74) is 3.56. The number of aryl methyl sites for hydroxylation is 2. The average Bonchev–Trinajstić information content (AvgIpc) is 3.02. The van der Waals surface area contributed by atoms with Crippen LogP contribution < -0.4 is 5.32 Å². The standard InChI is InChI=1S/C23H32N4O3/c1-6-7-8-16-9-11-17(12-10-16)24-21(28)20-18-15-27(22(29)30-23(2,3)4)14-13-19(18)26(5)25-20/h9-12H,6-8,13-15H2,1-5H3,(H,24,28). The number of unbranched alkanes of at least 4 members (excludes halogenated alkanes) is 1. The molecule has 162 valence electrons. The van der Waals surface area contributed by atoms with E-state index in [1.165, 1.54) is 5.56 Å². The lowest BCUT2D eigenvalue weighted by atomic mass is 10.0. The summed E-state index contributed by atoms with van der Waals surface area (Å²) in [4.78, 5) is 27.1. The minimum absolute atomic E-state index is 0.265. The number of carbonyl (C=O) groups excluding carboxylic acids is 2. The van der Waals surface area contributed by atoms with Gasteiger partial charge in [0.2, 0.25) is 0 Å². The van der Waals surface area contributed by atoms with E-state index in [-0.39, 0.29) is 12.0 Å². The van der Waals surface area contributed by atoms with E-state index in [0.29, 0.717) is 25.2 Å². The van der Waals surface area contributed by atoms with Gasteiger partial charge in [0.25, 0.3) is 5.91 Å². The summed E-state index contributed by atoms with van der Waals surface area (Å²) >= 11 is 0. The Morgan fingerprint density at radius 3 is 2.53 bits per heavy atom. The highest BCUT2D eigenvalue weighted by Gasteiger charge is 2.31. The molecular formula is C23H32N4O3. The van der Waals surface area contributed by atoms with Gasteiger partial charge in [-0.05, 0) is 51.3 Å². The molecule has 2 amide bonds. The number of nitrogens with one attached hydrogen (secondary N) is 1. The van der Waals surface area contributed by atoms with Crippen LogP contribution in [-0.2, 0) is 31.2 Å². The number of benzene rings is 1. The van der Waals surface area contributed by atoms with Gasteiger partial charge in [-0.25, -0.2) is 4.79 Å². The van der Waals surface area contributed by atoms with Crippen molar-refractivity contribution in [2.75, 3.05) is 11.9 Å². The van der Waals surface area contributed by atoms with Crippen LogP contribution in [0.3, 0.4) is 0 Å². The molecule has 1 aromatic heterocycles. The van der Waals surface area contributed by atoms with E-state index in [9.17, 15) is 9.59 Å². The van der Waals surface area contributed by atoms with E-state index in [0.717, 1.165) is 36.2 Å². The molecule has 1 aliphatic rings. The zero-order chi connectivity index (χ0) is 21.9. The van der Waals surface area contributed by atoms with E-state index in [2.05, 4.69) is 17.3 Å². The van der Waals surface area contributed by atoms with E-state index in [4.69, 9.17) is 4.74 Å². The Hall–Kier alpha value is -2.83. The molecule has 1 aliphatic heterocycles. The van der Waals surface area contributed by atoms with Gasteiger partial charge >= 0.3 is 6.09 Å². The first kappa shape index (κ1) is 21.9. The van der Waals surface area contributed by atoms with Crippen molar-refractivity contribution in [3.05, 3.63) is 46.8 Å². The van der Waals surface area contributed by atoms with Crippen molar-refractivity contribution in [2.45, 2.75) is 65.5 Å². The molecule has 0 saturated carbocycles. The number of nitrogens with zero attached hydrogens (tertiary/aromatic N) is 3. The lowest BCUT2D eigenvalue weighted by Gasteiger charge is -2.30. The van der Waals surface area contributed by atoms with Crippen LogP contribution in [0.2, 0.25) is 0 Å². The molecule has 0 spiro atoms. The second-order valence-corrected chi connectivity index (χ2v) is 8.80. The monoisotopic (exact) mass is 412 g/mol. The normalized spacial score (nSPS) is 13.7. The predicted octanol–water partition coefficient (Wildman–Crippen LogP) is 4.31. The van der Waals surface area contributed by atoms with Crippen LogP contribution in [0.4, 0.5) is 10.5 Å². The number of fused-ring (bicyclic) bond motifs is 1. The van der Waals surface area contributed by atoms with Crippen LogP contribution in [0.5, 0.6) is 0 Å². The van der Waals surface area contributed by atoms with Crippen LogP contribution in [0.25, 0.3) is 0 Å².